The van der Waals surface area contributed by atoms with Crippen molar-refractivity contribution in [3.63, 3.8) is 0 Å². The van der Waals surface area contributed by atoms with Crippen LogP contribution in [0.4, 0.5) is 0 Å². The monoisotopic (exact) mass is 238 g/mol. The highest BCUT2D eigenvalue weighted by Crippen LogP contribution is 2.06. The molecule has 0 aliphatic carbocycles. The first-order valence-corrected chi connectivity index (χ1v) is 5.84. The molecule has 1 atom stereocenters. The van der Waals surface area contributed by atoms with Crippen LogP contribution in [-0.2, 0) is 15.9 Å². The molecular formula is C13H22N2O2. The number of hydrazine groups is 1. The van der Waals surface area contributed by atoms with Crippen molar-refractivity contribution in [1.82, 2.24) is 5.43 Å². The topological polar surface area (TPSA) is 56.5 Å². The summed E-state index contributed by atoms with van der Waals surface area (Å²) in [6.45, 7) is 3.88. The second kappa shape index (κ2) is 8.20. The van der Waals surface area contributed by atoms with Crippen LogP contribution >= 0.6 is 0 Å². The lowest BCUT2D eigenvalue weighted by Crippen LogP contribution is -2.40. The van der Waals surface area contributed by atoms with Crippen molar-refractivity contribution in [1.29, 1.82) is 0 Å². The summed E-state index contributed by atoms with van der Waals surface area (Å²) in [5, 5.41) is 0. The van der Waals surface area contributed by atoms with Crippen molar-refractivity contribution >= 4 is 0 Å². The Hall–Kier alpha value is -0.940. The van der Waals surface area contributed by atoms with Gasteiger partial charge in [0.15, 0.2) is 0 Å². The lowest BCUT2D eigenvalue weighted by Gasteiger charge is -2.16. The number of benzene rings is 1. The zero-order chi connectivity index (χ0) is 12.5. The van der Waals surface area contributed by atoms with Crippen molar-refractivity contribution in [2.24, 2.45) is 5.84 Å². The van der Waals surface area contributed by atoms with Gasteiger partial charge in [-0.2, -0.15) is 0 Å². The van der Waals surface area contributed by atoms with Crippen LogP contribution in [0.5, 0.6) is 0 Å². The molecule has 0 radical (unpaired) electrons. The molecule has 1 aromatic carbocycles. The van der Waals surface area contributed by atoms with E-state index in [0.29, 0.717) is 19.8 Å². The zero-order valence-electron chi connectivity index (χ0n) is 10.6. The second-order valence-corrected chi connectivity index (χ2v) is 4.12. The summed E-state index contributed by atoms with van der Waals surface area (Å²) in [5.41, 5.74) is 5.30. The van der Waals surface area contributed by atoms with E-state index in [0.717, 1.165) is 6.42 Å². The van der Waals surface area contributed by atoms with Crippen molar-refractivity contribution in [3.05, 3.63) is 35.4 Å². The minimum atomic E-state index is 0.134. The average Bonchev–Trinajstić information content (AvgIpc) is 2.35. The Labute approximate surface area is 103 Å². The van der Waals surface area contributed by atoms with Gasteiger partial charge in [0.05, 0.1) is 19.8 Å². The Bertz CT molecular complexity index is 301. The third-order valence-electron chi connectivity index (χ3n) is 2.59. The minimum absolute atomic E-state index is 0.134. The number of nitrogens with one attached hydrogen (secondary N) is 1. The summed E-state index contributed by atoms with van der Waals surface area (Å²) in [5.74, 6) is 5.50. The van der Waals surface area contributed by atoms with Gasteiger partial charge in [-0.25, -0.2) is 0 Å². The molecule has 3 N–H and O–H groups in total. The Morgan fingerprint density at radius 1 is 1.24 bits per heavy atom. The van der Waals surface area contributed by atoms with Crippen LogP contribution in [0.3, 0.4) is 0 Å². The van der Waals surface area contributed by atoms with Gasteiger partial charge in [-0.3, -0.25) is 11.3 Å². The summed E-state index contributed by atoms with van der Waals surface area (Å²) in [4.78, 5) is 0. The molecule has 96 valence electrons. The molecule has 0 saturated carbocycles. The van der Waals surface area contributed by atoms with Crippen LogP contribution in [0, 0.1) is 6.92 Å². The molecule has 0 bridgehead atoms. The van der Waals surface area contributed by atoms with Crippen molar-refractivity contribution in [2.45, 2.75) is 19.4 Å². The lowest BCUT2D eigenvalue weighted by molar-refractivity contribution is 0.0587. The molecule has 1 aromatic rings. The highest BCUT2D eigenvalue weighted by Gasteiger charge is 2.07. The van der Waals surface area contributed by atoms with E-state index in [2.05, 4.69) is 36.6 Å². The third-order valence-corrected chi connectivity index (χ3v) is 2.59. The molecule has 4 nitrogen and oxygen atoms in total. The van der Waals surface area contributed by atoms with Gasteiger partial charge in [0.2, 0.25) is 0 Å². The first-order chi connectivity index (χ1) is 8.26. The summed E-state index contributed by atoms with van der Waals surface area (Å²) >= 11 is 0. The van der Waals surface area contributed by atoms with Crippen LogP contribution in [0.1, 0.15) is 11.1 Å². The number of methoxy groups -OCH3 is 1. The summed E-state index contributed by atoms with van der Waals surface area (Å²) < 4.78 is 10.4. The van der Waals surface area contributed by atoms with Crippen LogP contribution in [-0.4, -0.2) is 33.0 Å². The minimum Gasteiger partial charge on any atom is -0.382 e. The average molecular weight is 238 g/mol. The van der Waals surface area contributed by atoms with E-state index in [4.69, 9.17) is 15.3 Å². The van der Waals surface area contributed by atoms with Gasteiger partial charge in [0.1, 0.15) is 0 Å². The maximum Gasteiger partial charge on any atom is 0.0701 e. The Balaban J connectivity index is 2.33. The van der Waals surface area contributed by atoms with Crippen molar-refractivity contribution < 1.29 is 9.47 Å². The van der Waals surface area contributed by atoms with Gasteiger partial charge in [-0.15, -0.1) is 0 Å². The molecular weight excluding hydrogens is 216 g/mol. The molecule has 0 fully saturated rings. The van der Waals surface area contributed by atoms with E-state index >= 15 is 0 Å². The summed E-state index contributed by atoms with van der Waals surface area (Å²) in [6.07, 6.45) is 0.865. The standard InChI is InChI=1S/C13H22N2O2/c1-11-3-5-12(6-4-11)9-13(15-14)10-17-8-7-16-2/h3-6,13,15H,7-10,14H2,1-2H3. The van der Waals surface area contributed by atoms with Crippen molar-refractivity contribution in [2.75, 3.05) is 26.9 Å². The molecule has 0 saturated heterocycles. The molecule has 4 heteroatoms. The Kier molecular flexibility index (Phi) is 6.81. The van der Waals surface area contributed by atoms with E-state index in [1.165, 1.54) is 11.1 Å². The normalized spacial score (nSPS) is 12.6. The van der Waals surface area contributed by atoms with Crippen LogP contribution in [0.15, 0.2) is 24.3 Å². The van der Waals surface area contributed by atoms with Crippen LogP contribution in [0.25, 0.3) is 0 Å². The second-order valence-electron chi connectivity index (χ2n) is 4.12. The fourth-order valence-electron chi connectivity index (χ4n) is 1.54. The molecule has 1 rings (SSSR count). The SMILES string of the molecule is COCCOCC(Cc1ccc(C)cc1)NN. The number of ether oxygens (including phenoxy) is 2. The lowest BCUT2D eigenvalue weighted by atomic mass is 10.1. The summed E-state index contributed by atoms with van der Waals surface area (Å²) in [6, 6.07) is 8.59. The molecule has 0 aromatic heterocycles. The Morgan fingerprint density at radius 3 is 2.53 bits per heavy atom. The predicted molar refractivity (Wildman–Crippen MR) is 68.7 cm³/mol. The largest absolute Gasteiger partial charge is 0.382 e. The van der Waals surface area contributed by atoms with E-state index in [1.54, 1.807) is 7.11 Å². The van der Waals surface area contributed by atoms with E-state index in [1.807, 2.05) is 0 Å². The molecule has 0 aliphatic rings. The quantitative estimate of drug-likeness (QED) is 0.403. The molecule has 17 heavy (non-hydrogen) atoms. The molecule has 0 spiro atoms. The van der Waals surface area contributed by atoms with Gasteiger partial charge >= 0.3 is 0 Å². The van der Waals surface area contributed by atoms with Gasteiger partial charge in [-0.05, 0) is 18.9 Å². The number of hydrogen-bond donors (Lipinski definition) is 2. The summed E-state index contributed by atoms with van der Waals surface area (Å²) in [7, 11) is 1.66. The number of rotatable bonds is 8. The van der Waals surface area contributed by atoms with Crippen LogP contribution in [0.2, 0.25) is 0 Å². The third kappa shape index (κ3) is 5.79. The van der Waals surface area contributed by atoms with Gasteiger partial charge < -0.3 is 9.47 Å². The highest BCUT2D eigenvalue weighted by molar-refractivity contribution is 5.22. The molecule has 1 unspecified atom stereocenters. The highest BCUT2D eigenvalue weighted by atomic mass is 16.5. The first kappa shape index (κ1) is 14.1. The van der Waals surface area contributed by atoms with E-state index in [-0.39, 0.29) is 6.04 Å². The van der Waals surface area contributed by atoms with Gasteiger partial charge in [0, 0.05) is 13.2 Å². The van der Waals surface area contributed by atoms with E-state index in [9.17, 15) is 0 Å². The molecule has 0 aliphatic heterocycles. The maximum absolute atomic E-state index is 5.50. The van der Waals surface area contributed by atoms with Crippen molar-refractivity contribution in [3.8, 4) is 0 Å². The van der Waals surface area contributed by atoms with Gasteiger partial charge in [0.25, 0.3) is 0 Å². The predicted octanol–water partition coefficient (Wildman–Crippen LogP) is 1.03. The first-order valence-electron chi connectivity index (χ1n) is 5.84. The fraction of sp³-hybridized carbons (Fsp3) is 0.538. The smallest absolute Gasteiger partial charge is 0.0701 e. The van der Waals surface area contributed by atoms with Crippen LogP contribution < -0.4 is 11.3 Å². The fourth-order valence-corrected chi connectivity index (χ4v) is 1.54. The van der Waals surface area contributed by atoms with E-state index < -0.39 is 0 Å². The molecule has 0 amide bonds. The number of nitrogens with two attached hydrogens (primary N) is 1. The maximum atomic E-state index is 5.50. The Morgan fingerprint density at radius 2 is 1.94 bits per heavy atom. The van der Waals surface area contributed by atoms with Gasteiger partial charge in [-0.1, -0.05) is 29.8 Å². The number of aryl methyl sites for hydroxylation is 1. The number of hydrogen-bond acceptors (Lipinski definition) is 4. The molecule has 0 heterocycles. The zero-order valence-corrected chi connectivity index (χ0v) is 10.6.